The number of likely N-dealkylation sites (tertiary alicyclic amines) is 1. The number of benzene rings is 1. The van der Waals surface area contributed by atoms with Crippen LogP contribution in [-0.2, 0) is 0 Å². The molecule has 1 aliphatic heterocycles. The third-order valence-electron chi connectivity index (χ3n) is 3.02. The molecule has 1 atom stereocenters. The van der Waals surface area contributed by atoms with E-state index in [1.165, 1.54) is 4.90 Å². The zero-order valence-electron chi connectivity index (χ0n) is 9.70. The van der Waals surface area contributed by atoms with Crippen LogP contribution in [0.1, 0.15) is 23.2 Å². The van der Waals surface area contributed by atoms with E-state index in [1.54, 1.807) is 0 Å². The van der Waals surface area contributed by atoms with E-state index in [1.807, 2.05) is 0 Å². The second-order valence-electron chi connectivity index (χ2n) is 4.37. The molecule has 1 fully saturated rings. The lowest BCUT2D eigenvalue weighted by atomic mass is 10.1. The van der Waals surface area contributed by atoms with Crippen molar-refractivity contribution in [1.82, 2.24) is 4.90 Å². The summed E-state index contributed by atoms with van der Waals surface area (Å²) in [6.07, 6.45) is 0.555. The molecule has 18 heavy (non-hydrogen) atoms. The van der Waals surface area contributed by atoms with E-state index in [9.17, 15) is 18.7 Å². The molecule has 98 valence electrons. The number of nitrogens with two attached hydrogens (primary N) is 1. The highest BCUT2D eigenvalue weighted by Crippen LogP contribution is 2.22. The molecule has 0 aliphatic carbocycles. The Balaban J connectivity index is 2.31. The Bertz CT molecular complexity index is 479. The number of aliphatic hydroxyl groups excluding tert-OH is 1. The molecule has 0 aromatic heterocycles. The summed E-state index contributed by atoms with van der Waals surface area (Å²) in [5.74, 6) is -2.75. The Hall–Kier alpha value is -1.69. The monoisotopic (exact) mass is 256 g/mol. The second-order valence-corrected chi connectivity index (χ2v) is 4.37. The van der Waals surface area contributed by atoms with Gasteiger partial charge in [-0.25, -0.2) is 8.78 Å². The van der Waals surface area contributed by atoms with Crippen molar-refractivity contribution in [3.05, 3.63) is 29.3 Å². The number of nitrogen functional groups attached to an aromatic ring is 1. The minimum Gasteiger partial charge on any atom is -0.396 e. The van der Waals surface area contributed by atoms with Gasteiger partial charge in [0.2, 0.25) is 0 Å². The molecule has 1 aliphatic rings. The SMILES string of the molecule is Nc1ccc(F)c(C(=O)N2CCC[C@H](O)C2)c1F. The van der Waals surface area contributed by atoms with Crippen LogP contribution < -0.4 is 5.73 Å². The summed E-state index contributed by atoms with van der Waals surface area (Å²) in [5.41, 5.74) is 4.41. The van der Waals surface area contributed by atoms with E-state index in [0.29, 0.717) is 19.4 Å². The Morgan fingerprint density at radius 3 is 2.83 bits per heavy atom. The fourth-order valence-electron chi connectivity index (χ4n) is 2.06. The first kappa shape index (κ1) is 12.8. The number of carbonyl (C=O) groups is 1. The molecule has 0 spiro atoms. The molecule has 1 heterocycles. The maximum Gasteiger partial charge on any atom is 0.260 e. The first-order valence-corrected chi connectivity index (χ1v) is 5.71. The average Bonchev–Trinajstić information content (AvgIpc) is 2.34. The van der Waals surface area contributed by atoms with Crippen LogP contribution in [0.15, 0.2) is 12.1 Å². The van der Waals surface area contributed by atoms with E-state index in [-0.39, 0.29) is 12.2 Å². The van der Waals surface area contributed by atoms with Gasteiger partial charge >= 0.3 is 0 Å². The van der Waals surface area contributed by atoms with Crippen molar-refractivity contribution in [3.63, 3.8) is 0 Å². The van der Waals surface area contributed by atoms with Crippen LogP contribution in [-0.4, -0.2) is 35.1 Å². The molecule has 1 amide bonds. The van der Waals surface area contributed by atoms with Crippen molar-refractivity contribution in [3.8, 4) is 0 Å². The highest BCUT2D eigenvalue weighted by molar-refractivity contribution is 5.95. The van der Waals surface area contributed by atoms with Crippen molar-refractivity contribution in [2.24, 2.45) is 0 Å². The van der Waals surface area contributed by atoms with E-state index in [2.05, 4.69) is 0 Å². The van der Waals surface area contributed by atoms with Crippen molar-refractivity contribution in [2.75, 3.05) is 18.8 Å². The van der Waals surface area contributed by atoms with E-state index >= 15 is 0 Å². The van der Waals surface area contributed by atoms with Gasteiger partial charge in [0.15, 0.2) is 5.82 Å². The summed E-state index contributed by atoms with van der Waals surface area (Å²) in [6, 6.07) is 2.04. The summed E-state index contributed by atoms with van der Waals surface area (Å²) >= 11 is 0. The quantitative estimate of drug-likeness (QED) is 0.740. The van der Waals surface area contributed by atoms with Crippen LogP contribution in [0.5, 0.6) is 0 Å². The number of carbonyl (C=O) groups excluding carboxylic acids is 1. The number of rotatable bonds is 1. The van der Waals surface area contributed by atoms with Gasteiger partial charge < -0.3 is 15.7 Å². The molecule has 0 saturated carbocycles. The van der Waals surface area contributed by atoms with Crippen molar-refractivity contribution in [1.29, 1.82) is 0 Å². The fourth-order valence-corrected chi connectivity index (χ4v) is 2.06. The van der Waals surface area contributed by atoms with Crippen LogP contribution in [0.3, 0.4) is 0 Å². The van der Waals surface area contributed by atoms with Crippen molar-refractivity contribution >= 4 is 11.6 Å². The highest BCUT2D eigenvalue weighted by Gasteiger charge is 2.28. The Labute approximate surface area is 103 Å². The average molecular weight is 256 g/mol. The zero-order chi connectivity index (χ0) is 13.3. The summed E-state index contributed by atoms with van der Waals surface area (Å²) in [4.78, 5) is 13.3. The van der Waals surface area contributed by atoms with Crippen molar-refractivity contribution in [2.45, 2.75) is 18.9 Å². The number of halogens is 2. The molecule has 0 bridgehead atoms. The zero-order valence-corrected chi connectivity index (χ0v) is 9.70. The predicted molar refractivity (Wildman–Crippen MR) is 61.9 cm³/mol. The Kier molecular flexibility index (Phi) is 3.47. The Morgan fingerprint density at radius 1 is 1.44 bits per heavy atom. The smallest absolute Gasteiger partial charge is 0.260 e. The molecule has 6 heteroatoms. The molecule has 2 rings (SSSR count). The first-order valence-electron chi connectivity index (χ1n) is 5.71. The maximum atomic E-state index is 13.7. The van der Waals surface area contributed by atoms with Gasteiger partial charge in [-0.1, -0.05) is 0 Å². The molecule has 0 unspecified atom stereocenters. The minimum absolute atomic E-state index is 0.0898. The number of anilines is 1. The number of β-amino-alcohol motifs (C(OH)–C–C–N with tert-alkyl or cyclic N) is 1. The molecular formula is C12H14F2N2O2. The number of piperidine rings is 1. The summed E-state index contributed by atoms with van der Waals surface area (Å²) in [7, 11) is 0. The van der Waals surface area contributed by atoms with Crippen LogP contribution in [0.25, 0.3) is 0 Å². The summed E-state index contributed by atoms with van der Waals surface area (Å²) < 4.78 is 27.2. The van der Waals surface area contributed by atoms with Gasteiger partial charge in [-0.3, -0.25) is 4.79 Å². The van der Waals surface area contributed by atoms with E-state index in [4.69, 9.17) is 5.73 Å². The van der Waals surface area contributed by atoms with Crippen molar-refractivity contribution < 1.29 is 18.7 Å². The van der Waals surface area contributed by atoms with Gasteiger partial charge in [0.25, 0.3) is 5.91 Å². The molecule has 4 nitrogen and oxygen atoms in total. The molecule has 1 aromatic carbocycles. The number of nitrogens with zero attached hydrogens (tertiary/aromatic N) is 1. The van der Waals surface area contributed by atoms with E-state index in [0.717, 1.165) is 12.1 Å². The maximum absolute atomic E-state index is 13.7. The minimum atomic E-state index is -1.04. The van der Waals surface area contributed by atoms with Crippen LogP contribution in [0, 0.1) is 11.6 Å². The second kappa shape index (κ2) is 4.89. The van der Waals surface area contributed by atoms with Crippen LogP contribution in [0.4, 0.5) is 14.5 Å². The third kappa shape index (κ3) is 2.28. The molecule has 0 radical (unpaired) electrons. The third-order valence-corrected chi connectivity index (χ3v) is 3.02. The van der Waals surface area contributed by atoms with Gasteiger partial charge in [-0.05, 0) is 25.0 Å². The molecular weight excluding hydrogens is 242 g/mol. The largest absolute Gasteiger partial charge is 0.396 e. The number of hydrogen-bond acceptors (Lipinski definition) is 3. The lowest BCUT2D eigenvalue weighted by Crippen LogP contribution is -2.42. The van der Waals surface area contributed by atoms with Gasteiger partial charge in [-0.2, -0.15) is 0 Å². The normalized spacial score (nSPS) is 19.9. The van der Waals surface area contributed by atoms with Gasteiger partial charge in [0.1, 0.15) is 11.4 Å². The number of hydrogen-bond donors (Lipinski definition) is 2. The number of amides is 1. The van der Waals surface area contributed by atoms with E-state index < -0.39 is 29.2 Å². The lowest BCUT2D eigenvalue weighted by Gasteiger charge is -2.30. The number of aliphatic hydroxyl groups is 1. The molecule has 3 N–H and O–H groups in total. The Morgan fingerprint density at radius 2 is 2.17 bits per heavy atom. The predicted octanol–water partition coefficient (Wildman–Crippen LogP) is 1.14. The van der Waals surface area contributed by atoms with Gasteiger partial charge in [0, 0.05) is 13.1 Å². The standard InChI is InChI=1S/C12H14F2N2O2/c13-8-3-4-9(15)11(14)10(8)12(18)16-5-1-2-7(17)6-16/h3-4,7,17H,1-2,5-6,15H2/t7-/m0/s1. The lowest BCUT2D eigenvalue weighted by molar-refractivity contribution is 0.0466. The van der Waals surface area contributed by atoms with Gasteiger partial charge in [0.05, 0.1) is 11.8 Å². The van der Waals surface area contributed by atoms with Crippen LogP contribution >= 0.6 is 0 Å². The highest BCUT2D eigenvalue weighted by atomic mass is 19.1. The summed E-state index contributed by atoms with van der Waals surface area (Å²) in [5, 5.41) is 9.46. The molecule has 1 saturated heterocycles. The van der Waals surface area contributed by atoms with Gasteiger partial charge in [-0.15, -0.1) is 0 Å². The summed E-state index contributed by atoms with van der Waals surface area (Å²) in [6.45, 7) is 0.468. The first-order chi connectivity index (χ1) is 8.50. The fraction of sp³-hybridized carbons (Fsp3) is 0.417. The topological polar surface area (TPSA) is 66.6 Å². The molecule has 1 aromatic rings. The van der Waals surface area contributed by atoms with Crippen LogP contribution in [0.2, 0.25) is 0 Å².